The first kappa shape index (κ1) is 8.02. The van der Waals surface area contributed by atoms with Crippen LogP contribution in [0.4, 0.5) is 0 Å². The van der Waals surface area contributed by atoms with Crippen molar-refractivity contribution >= 4 is 8.05 Å². The van der Waals surface area contributed by atoms with E-state index in [1.807, 2.05) is 6.92 Å². The quantitative estimate of drug-likeness (QED) is 0.504. The third-order valence-corrected chi connectivity index (χ3v) is 1.78. The van der Waals surface area contributed by atoms with E-state index >= 15 is 0 Å². The van der Waals surface area contributed by atoms with Gasteiger partial charge in [-0.3, -0.25) is 0 Å². The molecule has 0 atom stereocenters. The molecule has 0 aliphatic carbocycles. The fraction of sp³-hybridized carbons (Fsp3) is 1.00. The summed E-state index contributed by atoms with van der Waals surface area (Å²) >= 11 is 0. The van der Waals surface area contributed by atoms with Crippen molar-refractivity contribution in [2.45, 2.75) is 39.2 Å². The maximum atomic E-state index is 5.03. The average molecular weight is 112 g/mol. The van der Waals surface area contributed by atoms with Crippen LogP contribution in [0.25, 0.3) is 0 Å². The number of rotatable bonds is 3. The molecule has 0 aliphatic rings. The lowest BCUT2D eigenvalue weighted by atomic mass is 9.99. The van der Waals surface area contributed by atoms with Gasteiger partial charge in [-0.25, -0.2) is 0 Å². The summed E-state index contributed by atoms with van der Waals surface area (Å²) in [6.07, 6.45) is 1.94. The summed E-state index contributed by atoms with van der Waals surface area (Å²) in [6, 6.07) is 0. The van der Waals surface area contributed by atoms with Crippen LogP contribution in [0.15, 0.2) is 0 Å². The molecule has 2 heteroatoms. The standard InChI is InChI=1S/C6H13BO/c1-4-6(3,5-2)8-7/h4-5H2,1-3H3. The monoisotopic (exact) mass is 112 g/mol. The Labute approximate surface area is 52.9 Å². The SMILES string of the molecule is [B]OC(C)(CC)CC. The Balaban J connectivity index is 3.58. The normalized spacial score (nSPS) is 11.9. The van der Waals surface area contributed by atoms with E-state index < -0.39 is 0 Å². The van der Waals surface area contributed by atoms with Gasteiger partial charge in [-0.2, -0.15) is 0 Å². The molecule has 1 nitrogen and oxygen atoms in total. The van der Waals surface area contributed by atoms with Crippen molar-refractivity contribution in [3.8, 4) is 0 Å². The zero-order valence-electron chi connectivity index (χ0n) is 5.90. The number of hydrogen-bond donors (Lipinski definition) is 0. The summed E-state index contributed by atoms with van der Waals surface area (Å²) in [6.45, 7) is 6.14. The molecule has 46 valence electrons. The molecule has 0 saturated carbocycles. The molecule has 0 unspecified atom stereocenters. The molecule has 0 saturated heterocycles. The van der Waals surface area contributed by atoms with E-state index in [0.29, 0.717) is 0 Å². The summed E-state index contributed by atoms with van der Waals surface area (Å²) in [7, 11) is 5.03. The Morgan fingerprint density at radius 1 is 1.38 bits per heavy atom. The summed E-state index contributed by atoms with van der Waals surface area (Å²) in [5.41, 5.74) is -0.0972. The second-order valence-corrected chi connectivity index (χ2v) is 2.27. The lowest BCUT2D eigenvalue weighted by Gasteiger charge is -2.25. The Kier molecular flexibility index (Phi) is 3.14. The molecule has 0 aliphatic heterocycles. The van der Waals surface area contributed by atoms with E-state index in [1.54, 1.807) is 0 Å². The van der Waals surface area contributed by atoms with E-state index in [0.717, 1.165) is 12.8 Å². The summed E-state index contributed by atoms with van der Waals surface area (Å²) in [5.74, 6) is 0. The first-order valence-corrected chi connectivity index (χ1v) is 3.06. The molecular formula is C6H13BO. The Morgan fingerprint density at radius 3 is 1.75 bits per heavy atom. The zero-order valence-corrected chi connectivity index (χ0v) is 5.90. The molecule has 2 radical (unpaired) electrons. The van der Waals surface area contributed by atoms with Gasteiger partial charge in [0, 0.05) is 5.60 Å². The molecule has 0 aromatic heterocycles. The summed E-state index contributed by atoms with van der Waals surface area (Å²) in [5, 5.41) is 0. The minimum Gasteiger partial charge on any atom is -0.443 e. The summed E-state index contributed by atoms with van der Waals surface area (Å²) in [4.78, 5) is 0. The van der Waals surface area contributed by atoms with Gasteiger partial charge in [0.25, 0.3) is 8.05 Å². The molecule has 0 bridgehead atoms. The molecule has 8 heavy (non-hydrogen) atoms. The van der Waals surface area contributed by atoms with Crippen LogP contribution in [0.2, 0.25) is 0 Å². The van der Waals surface area contributed by atoms with Gasteiger partial charge in [-0.05, 0) is 19.8 Å². The predicted molar refractivity (Wildman–Crippen MR) is 35.8 cm³/mol. The minimum atomic E-state index is -0.0972. The van der Waals surface area contributed by atoms with Crippen LogP contribution in [0.3, 0.4) is 0 Å². The molecule has 0 amide bonds. The van der Waals surface area contributed by atoms with Crippen molar-refractivity contribution in [1.29, 1.82) is 0 Å². The van der Waals surface area contributed by atoms with E-state index in [1.165, 1.54) is 0 Å². The van der Waals surface area contributed by atoms with Crippen molar-refractivity contribution in [2.75, 3.05) is 0 Å². The molecule has 0 heterocycles. The third-order valence-electron chi connectivity index (χ3n) is 1.78. The molecule has 0 N–H and O–H groups in total. The smallest absolute Gasteiger partial charge is 0.283 e. The molecule has 0 rings (SSSR count). The van der Waals surface area contributed by atoms with E-state index in [-0.39, 0.29) is 5.60 Å². The third kappa shape index (κ3) is 1.87. The highest BCUT2D eigenvalue weighted by molar-refractivity contribution is 5.98. The van der Waals surface area contributed by atoms with Gasteiger partial charge < -0.3 is 4.65 Å². The van der Waals surface area contributed by atoms with E-state index in [2.05, 4.69) is 13.8 Å². The number of hydrogen-bond acceptors (Lipinski definition) is 1. The highest BCUT2D eigenvalue weighted by atomic mass is 16.4. The molecule has 0 aromatic rings. The van der Waals surface area contributed by atoms with Crippen molar-refractivity contribution < 1.29 is 4.65 Å². The fourth-order valence-electron chi connectivity index (χ4n) is 0.417. The maximum absolute atomic E-state index is 5.03. The molecule has 0 spiro atoms. The van der Waals surface area contributed by atoms with Crippen molar-refractivity contribution in [2.24, 2.45) is 0 Å². The zero-order chi connectivity index (χ0) is 6.62. The van der Waals surface area contributed by atoms with Crippen molar-refractivity contribution in [3.63, 3.8) is 0 Å². The van der Waals surface area contributed by atoms with Gasteiger partial charge in [0.15, 0.2) is 0 Å². The van der Waals surface area contributed by atoms with Gasteiger partial charge >= 0.3 is 0 Å². The van der Waals surface area contributed by atoms with Crippen LogP contribution in [-0.4, -0.2) is 13.7 Å². The first-order valence-electron chi connectivity index (χ1n) is 3.06. The lowest BCUT2D eigenvalue weighted by Crippen LogP contribution is -2.25. The second kappa shape index (κ2) is 3.13. The van der Waals surface area contributed by atoms with Crippen LogP contribution in [0, 0.1) is 0 Å². The Bertz CT molecular complexity index is 51.3. The van der Waals surface area contributed by atoms with Crippen LogP contribution in [-0.2, 0) is 4.65 Å². The van der Waals surface area contributed by atoms with Crippen LogP contribution in [0.5, 0.6) is 0 Å². The van der Waals surface area contributed by atoms with Crippen molar-refractivity contribution in [3.05, 3.63) is 0 Å². The van der Waals surface area contributed by atoms with Gasteiger partial charge in [0.05, 0.1) is 0 Å². The molecule has 0 aromatic carbocycles. The lowest BCUT2D eigenvalue weighted by molar-refractivity contribution is 0.0924. The van der Waals surface area contributed by atoms with Crippen molar-refractivity contribution in [1.82, 2.24) is 0 Å². The van der Waals surface area contributed by atoms with E-state index in [9.17, 15) is 0 Å². The van der Waals surface area contributed by atoms with Gasteiger partial charge in [0.2, 0.25) is 0 Å². The molecule has 0 fully saturated rings. The van der Waals surface area contributed by atoms with Crippen LogP contribution >= 0.6 is 0 Å². The highest BCUT2D eigenvalue weighted by Crippen LogP contribution is 2.16. The largest absolute Gasteiger partial charge is 0.443 e. The maximum Gasteiger partial charge on any atom is 0.283 e. The van der Waals surface area contributed by atoms with E-state index in [4.69, 9.17) is 12.7 Å². The van der Waals surface area contributed by atoms with Crippen LogP contribution < -0.4 is 0 Å². The Morgan fingerprint density at radius 2 is 1.75 bits per heavy atom. The Hall–Kier alpha value is 0.0249. The summed E-state index contributed by atoms with van der Waals surface area (Å²) < 4.78 is 4.74. The minimum absolute atomic E-state index is 0.0972. The topological polar surface area (TPSA) is 9.23 Å². The van der Waals surface area contributed by atoms with Crippen LogP contribution in [0.1, 0.15) is 33.6 Å². The average Bonchev–Trinajstić information content (AvgIpc) is 1.87. The second-order valence-electron chi connectivity index (χ2n) is 2.27. The predicted octanol–water partition coefficient (Wildman–Crippen LogP) is 1.67. The first-order chi connectivity index (χ1) is 3.68. The fourth-order valence-corrected chi connectivity index (χ4v) is 0.417. The van der Waals surface area contributed by atoms with Gasteiger partial charge in [0.1, 0.15) is 0 Å². The van der Waals surface area contributed by atoms with Gasteiger partial charge in [-0.1, -0.05) is 13.8 Å². The highest BCUT2D eigenvalue weighted by Gasteiger charge is 2.15. The molecular weight excluding hydrogens is 98.9 g/mol. The van der Waals surface area contributed by atoms with Gasteiger partial charge in [-0.15, -0.1) is 0 Å².